The molecule has 4 aromatic rings. The quantitative estimate of drug-likeness (QED) is 0.193. The van der Waals surface area contributed by atoms with Crippen molar-refractivity contribution in [2.75, 3.05) is 11.9 Å². The molecular weight excluding hydrogens is 448 g/mol. The first-order valence-electron chi connectivity index (χ1n) is 10.5. The third-order valence-corrected chi connectivity index (χ3v) is 5.81. The van der Waals surface area contributed by atoms with Gasteiger partial charge in [-0.25, -0.2) is 4.79 Å². The monoisotopic (exact) mass is 468 g/mol. The number of nitriles is 1. The van der Waals surface area contributed by atoms with Gasteiger partial charge in [-0.2, -0.15) is 5.26 Å². The average Bonchev–Trinajstić information content (AvgIpc) is 3.51. The van der Waals surface area contributed by atoms with E-state index >= 15 is 0 Å². The molecule has 0 radical (unpaired) electrons. The van der Waals surface area contributed by atoms with Crippen LogP contribution in [0.1, 0.15) is 23.0 Å². The summed E-state index contributed by atoms with van der Waals surface area (Å²) in [7, 11) is 0. The van der Waals surface area contributed by atoms with Crippen LogP contribution in [0.15, 0.2) is 88.2 Å². The molecule has 1 amide bonds. The number of benzene rings is 2. The molecule has 4 rings (SSSR count). The highest BCUT2D eigenvalue weighted by atomic mass is 32.1. The lowest BCUT2D eigenvalue weighted by molar-refractivity contribution is -0.112. The maximum Gasteiger partial charge on any atom is 0.341 e. The maximum atomic E-state index is 12.9. The van der Waals surface area contributed by atoms with Crippen LogP contribution in [0.5, 0.6) is 0 Å². The summed E-state index contributed by atoms with van der Waals surface area (Å²) in [5.74, 6) is -0.196. The molecule has 0 saturated heterocycles. The SMILES string of the molecule is CCOC(=O)c1c(-c2ccccc2)csc1NC(=O)/C(C#N)=C/c1ccc(-c2ccccc2)o1. The van der Waals surface area contributed by atoms with Crippen LogP contribution in [0.2, 0.25) is 0 Å². The number of carbonyl (C=O) groups is 2. The van der Waals surface area contributed by atoms with Crippen LogP contribution in [0, 0.1) is 11.3 Å². The van der Waals surface area contributed by atoms with E-state index in [4.69, 9.17) is 9.15 Å². The van der Waals surface area contributed by atoms with Gasteiger partial charge >= 0.3 is 5.97 Å². The summed E-state index contributed by atoms with van der Waals surface area (Å²) >= 11 is 1.20. The number of hydrogen-bond donors (Lipinski definition) is 1. The zero-order chi connectivity index (χ0) is 23.9. The molecule has 34 heavy (non-hydrogen) atoms. The van der Waals surface area contributed by atoms with Crippen molar-refractivity contribution in [3.8, 4) is 28.5 Å². The van der Waals surface area contributed by atoms with Gasteiger partial charge in [0.1, 0.15) is 33.7 Å². The minimum Gasteiger partial charge on any atom is -0.462 e. The van der Waals surface area contributed by atoms with Crippen LogP contribution in [-0.4, -0.2) is 18.5 Å². The molecule has 0 aliphatic carbocycles. The van der Waals surface area contributed by atoms with Gasteiger partial charge in [-0.05, 0) is 24.6 Å². The van der Waals surface area contributed by atoms with Crippen molar-refractivity contribution < 1.29 is 18.7 Å². The number of hydrogen-bond acceptors (Lipinski definition) is 6. The number of thiophene rings is 1. The second-order valence-electron chi connectivity index (χ2n) is 7.13. The molecule has 6 nitrogen and oxygen atoms in total. The minimum atomic E-state index is -0.646. The van der Waals surface area contributed by atoms with Gasteiger partial charge in [-0.3, -0.25) is 4.79 Å². The zero-order valence-corrected chi connectivity index (χ0v) is 19.1. The summed E-state index contributed by atoms with van der Waals surface area (Å²) in [5.41, 5.74) is 2.46. The smallest absolute Gasteiger partial charge is 0.341 e. The predicted octanol–water partition coefficient (Wildman–Crippen LogP) is 6.40. The van der Waals surface area contributed by atoms with Crippen LogP contribution in [0.4, 0.5) is 5.00 Å². The molecule has 7 heteroatoms. The molecule has 0 atom stereocenters. The van der Waals surface area contributed by atoms with E-state index in [2.05, 4.69) is 5.32 Å². The van der Waals surface area contributed by atoms with Crippen molar-refractivity contribution >= 4 is 34.3 Å². The lowest BCUT2D eigenvalue weighted by Gasteiger charge is -2.08. The number of nitrogens with one attached hydrogen (secondary N) is 1. The first-order valence-corrected chi connectivity index (χ1v) is 11.4. The van der Waals surface area contributed by atoms with Crippen molar-refractivity contribution in [3.05, 3.63) is 95.1 Å². The van der Waals surface area contributed by atoms with Crippen molar-refractivity contribution in [1.29, 1.82) is 5.26 Å². The molecule has 0 saturated carbocycles. The Bertz CT molecular complexity index is 1380. The molecule has 0 fully saturated rings. The third kappa shape index (κ3) is 4.98. The van der Waals surface area contributed by atoms with Gasteiger partial charge in [0.25, 0.3) is 5.91 Å². The summed E-state index contributed by atoms with van der Waals surface area (Å²) in [5, 5.41) is 14.4. The van der Waals surface area contributed by atoms with Crippen LogP contribution in [0.3, 0.4) is 0 Å². The Balaban J connectivity index is 1.61. The van der Waals surface area contributed by atoms with E-state index in [1.165, 1.54) is 17.4 Å². The molecule has 0 aliphatic heterocycles. The van der Waals surface area contributed by atoms with Crippen LogP contribution >= 0.6 is 11.3 Å². The minimum absolute atomic E-state index is 0.154. The summed E-state index contributed by atoms with van der Waals surface area (Å²) in [6.45, 7) is 1.91. The molecule has 0 bridgehead atoms. The molecule has 0 unspecified atom stereocenters. The number of esters is 1. The highest BCUT2D eigenvalue weighted by Gasteiger charge is 2.24. The van der Waals surface area contributed by atoms with E-state index in [1.807, 2.05) is 66.7 Å². The van der Waals surface area contributed by atoms with Crippen molar-refractivity contribution in [3.63, 3.8) is 0 Å². The number of amides is 1. The fourth-order valence-corrected chi connectivity index (χ4v) is 4.29. The second-order valence-corrected chi connectivity index (χ2v) is 8.01. The Kier molecular flexibility index (Phi) is 7.01. The molecular formula is C27H20N2O4S. The Labute approximate surface area is 200 Å². The van der Waals surface area contributed by atoms with Crippen molar-refractivity contribution in [1.82, 2.24) is 0 Å². The highest BCUT2D eigenvalue weighted by Crippen LogP contribution is 2.36. The number of rotatable bonds is 7. The van der Waals surface area contributed by atoms with E-state index in [0.717, 1.165) is 11.1 Å². The van der Waals surface area contributed by atoms with E-state index in [1.54, 1.807) is 24.4 Å². The highest BCUT2D eigenvalue weighted by molar-refractivity contribution is 7.15. The van der Waals surface area contributed by atoms with Crippen molar-refractivity contribution in [2.45, 2.75) is 6.92 Å². The first-order chi connectivity index (χ1) is 16.6. The number of carbonyl (C=O) groups excluding carboxylic acids is 2. The van der Waals surface area contributed by atoms with Crippen LogP contribution in [-0.2, 0) is 9.53 Å². The van der Waals surface area contributed by atoms with E-state index in [9.17, 15) is 14.9 Å². The van der Waals surface area contributed by atoms with Gasteiger partial charge in [-0.15, -0.1) is 11.3 Å². The molecule has 0 aliphatic rings. The van der Waals surface area contributed by atoms with Gasteiger partial charge in [0, 0.05) is 22.6 Å². The summed E-state index contributed by atoms with van der Waals surface area (Å²) in [4.78, 5) is 25.6. The Morgan fingerprint density at radius 2 is 1.71 bits per heavy atom. The van der Waals surface area contributed by atoms with E-state index < -0.39 is 11.9 Å². The molecule has 2 aromatic carbocycles. The predicted molar refractivity (Wildman–Crippen MR) is 132 cm³/mol. The lowest BCUT2D eigenvalue weighted by Crippen LogP contribution is -2.16. The van der Waals surface area contributed by atoms with Gasteiger partial charge in [0.15, 0.2) is 0 Å². The normalized spacial score (nSPS) is 11.0. The fourth-order valence-electron chi connectivity index (χ4n) is 3.34. The largest absolute Gasteiger partial charge is 0.462 e. The average molecular weight is 469 g/mol. The molecule has 1 N–H and O–H groups in total. The molecule has 2 aromatic heterocycles. The zero-order valence-electron chi connectivity index (χ0n) is 18.3. The lowest BCUT2D eigenvalue weighted by atomic mass is 10.0. The molecule has 2 heterocycles. The fraction of sp³-hybridized carbons (Fsp3) is 0.0741. The van der Waals surface area contributed by atoms with Crippen molar-refractivity contribution in [2.24, 2.45) is 0 Å². The van der Waals surface area contributed by atoms with Gasteiger partial charge in [-0.1, -0.05) is 60.7 Å². The summed E-state index contributed by atoms with van der Waals surface area (Å²) in [6.07, 6.45) is 1.37. The Morgan fingerprint density at radius 3 is 2.35 bits per heavy atom. The van der Waals surface area contributed by atoms with E-state index in [0.29, 0.717) is 22.1 Å². The maximum absolute atomic E-state index is 12.9. The molecule has 0 spiro atoms. The number of ether oxygens (including phenoxy) is 1. The second kappa shape index (κ2) is 10.5. The number of furan rings is 1. The third-order valence-electron chi connectivity index (χ3n) is 4.92. The van der Waals surface area contributed by atoms with Crippen LogP contribution in [0.25, 0.3) is 28.5 Å². The standard InChI is InChI=1S/C27H20N2O4S/c1-2-32-27(31)24-22(18-9-5-3-6-10-18)17-34-26(24)29-25(30)20(16-28)15-21-13-14-23(33-21)19-11-7-4-8-12-19/h3-15,17H,2H2,1H3,(H,29,30)/b20-15+. The van der Waals surface area contributed by atoms with Gasteiger partial charge in [0.2, 0.25) is 0 Å². The number of anilines is 1. The number of nitrogens with zero attached hydrogens (tertiary/aromatic N) is 1. The Hall–Kier alpha value is -4.41. The topological polar surface area (TPSA) is 92.3 Å². The van der Waals surface area contributed by atoms with Gasteiger partial charge in [0.05, 0.1) is 6.61 Å². The first kappa shape index (κ1) is 22.8. The molecule has 168 valence electrons. The summed E-state index contributed by atoms with van der Waals surface area (Å²) in [6, 6.07) is 24.2. The van der Waals surface area contributed by atoms with E-state index in [-0.39, 0.29) is 17.7 Å². The van der Waals surface area contributed by atoms with Crippen LogP contribution < -0.4 is 5.32 Å². The summed E-state index contributed by atoms with van der Waals surface area (Å²) < 4.78 is 11.0. The van der Waals surface area contributed by atoms with Gasteiger partial charge < -0.3 is 14.5 Å². The Morgan fingerprint density at radius 1 is 1.03 bits per heavy atom.